The minimum atomic E-state index is -0.442. The molecule has 166 valence electrons. The molecule has 1 aliphatic heterocycles. The van der Waals surface area contributed by atoms with Crippen LogP contribution in [0.15, 0.2) is 76.6 Å². The highest BCUT2D eigenvalue weighted by atomic mass is 35.5. The Bertz CT molecular complexity index is 1280. The van der Waals surface area contributed by atoms with E-state index in [-0.39, 0.29) is 18.2 Å². The molecule has 0 unspecified atom stereocenters. The Morgan fingerprint density at radius 3 is 2.48 bits per heavy atom. The van der Waals surface area contributed by atoms with E-state index >= 15 is 0 Å². The Labute approximate surface area is 203 Å². The van der Waals surface area contributed by atoms with Crippen LogP contribution in [0.5, 0.6) is 5.75 Å². The first-order valence-corrected chi connectivity index (χ1v) is 11.2. The van der Waals surface area contributed by atoms with Crippen molar-refractivity contribution in [2.75, 3.05) is 0 Å². The van der Waals surface area contributed by atoms with Gasteiger partial charge in [0.2, 0.25) is 0 Å². The van der Waals surface area contributed by atoms with Gasteiger partial charge in [-0.1, -0.05) is 41.4 Å². The second-order valence-corrected chi connectivity index (χ2v) is 8.65. The number of nitro benzene ring substituents is 1. The number of rotatable bonds is 6. The smallest absolute Gasteiger partial charge is 0.269 e. The number of carbonyl (C=O) groups is 1. The molecule has 1 heterocycles. The Morgan fingerprint density at radius 2 is 1.79 bits per heavy atom. The van der Waals surface area contributed by atoms with Crippen LogP contribution in [0.1, 0.15) is 11.1 Å². The number of aliphatic imine (C=N–C) groups is 1. The fourth-order valence-electron chi connectivity index (χ4n) is 2.86. The van der Waals surface area contributed by atoms with E-state index < -0.39 is 4.92 Å². The predicted molar refractivity (Wildman–Crippen MR) is 131 cm³/mol. The van der Waals surface area contributed by atoms with Crippen molar-refractivity contribution in [3.05, 3.63) is 103 Å². The van der Waals surface area contributed by atoms with E-state index in [1.165, 1.54) is 23.9 Å². The summed E-state index contributed by atoms with van der Waals surface area (Å²) in [6, 6.07) is 18.5. The first-order chi connectivity index (χ1) is 15.9. The summed E-state index contributed by atoms with van der Waals surface area (Å²) in [5, 5.41) is 14.6. The number of nitrogens with one attached hydrogen (secondary N) is 1. The fraction of sp³-hybridized carbons (Fsp3) is 0.0435. The van der Waals surface area contributed by atoms with Gasteiger partial charge < -0.3 is 10.1 Å². The second kappa shape index (κ2) is 10.1. The molecular formula is C23H15Cl2N3O4S. The molecule has 0 aliphatic carbocycles. The first-order valence-electron chi connectivity index (χ1n) is 9.59. The van der Waals surface area contributed by atoms with Gasteiger partial charge in [-0.25, -0.2) is 4.99 Å². The number of carbonyl (C=O) groups excluding carboxylic acids is 1. The van der Waals surface area contributed by atoms with Gasteiger partial charge in [-0.05, 0) is 65.4 Å². The molecule has 1 N–H and O–H groups in total. The molecule has 1 aliphatic rings. The zero-order valence-electron chi connectivity index (χ0n) is 16.8. The minimum absolute atomic E-state index is 0.0360. The van der Waals surface area contributed by atoms with Gasteiger partial charge in [-0.2, -0.15) is 0 Å². The van der Waals surface area contributed by atoms with Gasteiger partial charge in [0.05, 0.1) is 25.6 Å². The summed E-state index contributed by atoms with van der Waals surface area (Å²) in [7, 11) is 0. The van der Waals surface area contributed by atoms with Crippen LogP contribution in [0.3, 0.4) is 0 Å². The van der Waals surface area contributed by atoms with E-state index in [4.69, 9.17) is 27.9 Å². The number of nitrogens with zero attached hydrogens (tertiary/aromatic N) is 2. The van der Waals surface area contributed by atoms with Gasteiger partial charge in [0, 0.05) is 12.1 Å². The van der Waals surface area contributed by atoms with Gasteiger partial charge in [-0.15, -0.1) is 0 Å². The summed E-state index contributed by atoms with van der Waals surface area (Å²) in [4.78, 5) is 27.5. The van der Waals surface area contributed by atoms with Crippen LogP contribution in [-0.2, 0) is 11.4 Å². The molecule has 10 heteroatoms. The molecule has 3 aromatic carbocycles. The van der Waals surface area contributed by atoms with Crippen molar-refractivity contribution in [2.45, 2.75) is 6.61 Å². The minimum Gasteiger partial charge on any atom is -0.489 e. The number of amidine groups is 1. The second-order valence-electron chi connectivity index (χ2n) is 6.84. The Balaban J connectivity index is 1.40. The standard InChI is InChI=1S/C23H15Cl2N3O4S/c24-18-2-1-3-19(21(18)25)26-23-27-22(29)20(33-23)12-14-6-10-17(11-7-14)32-13-15-4-8-16(9-5-15)28(30)31/h1-12H,13H2,(H,26,27,29)/b20-12-. The zero-order chi connectivity index (χ0) is 23.4. The Hall–Kier alpha value is -3.33. The Kier molecular flexibility index (Phi) is 6.98. The molecule has 0 saturated carbocycles. The average molecular weight is 500 g/mol. The molecule has 1 fully saturated rings. The van der Waals surface area contributed by atoms with E-state index in [0.29, 0.717) is 31.6 Å². The van der Waals surface area contributed by atoms with Crippen LogP contribution in [0, 0.1) is 10.1 Å². The number of hydrogen-bond acceptors (Lipinski definition) is 6. The topological polar surface area (TPSA) is 93.8 Å². The lowest BCUT2D eigenvalue weighted by atomic mass is 10.2. The molecule has 7 nitrogen and oxygen atoms in total. The van der Waals surface area contributed by atoms with Crippen LogP contribution in [0.2, 0.25) is 10.0 Å². The van der Waals surface area contributed by atoms with Crippen molar-refractivity contribution in [3.8, 4) is 5.75 Å². The Morgan fingerprint density at radius 1 is 1.06 bits per heavy atom. The fourth-order valence-corrected chi connectivity index (χ4v) is 4.03. The van der Waals surface area contributed by atoms with Crippen molar-refractivity contribution in [1.82, 2.24) is 5.32 Å². The number of nitro groups is 1. The summed E-state index contributed by atoms with van der Waals surface area (Å²) in [5.74, 6) is 0.382. The third kappa shape index (κ3) is 5.73. The van der Waals surface area contributed by atoms with Crippen molar-refractivity contribution >= 4 is 63.5 Å². The monoisotopic (exact) mass is 499 g/mol. The molecule has 0 bridgehead atoms. The van der Waals surface area contributed by atoms with E-state index in [1.807, 2.05) is 12.1 Å². The molecular weight excluding hydrogens is 485 g/mol. The van der Waals surface area contributed by atoms with Gasteiger partial charge in [0.15, 0.2) is 5.17 Å². The lowest BCUT2D eigenvalue weighted by molar-refractivity contribution is -0.384. The molecule has 33 heavy (non-hydrogen) atoms. The van der Waals surface area contributed by atoms with Crippen LogP contribution < -0.4 is 10.1 Å². The SMILES string of the molecule is O=C1NC(=Nc2cccc(Cl)c2Cl)S/C1=C\c1ccc(OCc2ccc([N+](=O)[O-])cc2)cc1. The molecule has 0 atom stereocenters. The van der Waals surface area contributed by atoms with Gasteiger partial charge in [-0.3, -0.25) is 14.9 Å². The number of non-ortho nitro benzene ring substituents is 1. The summed E-state index contributed by atoms with van der Waals surface area (Å²) >= 11 is 13.4. The van der Waals surface area contributed by atoms with E-state index in [9.17, 15) is 14.9 Å². The third-order valence-corrected chi connectivity index (χ3v) is 6.25. The average Bonchev–Trinajstić information content (AvgIpc) is 3.15. The molecule has 4 rings (SSSR count). The van der Waals surface area contributed by atoms with Crippen molar-refractivity contribution < 1.29 is 14.5 Å². The molecule has 1 amide bonds. The van der Waals surface area contributed by atoms with Crippen molar-refractivity contribution in [2.24, 2.45) is 4.99 Å². The lowest BCUT2D eigenvalue weighted by Crippen LogP contribution is -2.19. The maximum Gasteiger partial charge on any atom is 0.269 e. The number of halogens is 2. The number of amides is 1. The number of ether oxygens (including phenoxy) is 1. The van der Waals surface area contributed by atoms with Crippen molar-refractivity contribution in [1.29, 1.82) is 0 Å². The highest BCUT2D eigenvalue weighted by molar-refractivity contribution is 8.18. The highest BCUT2D eigenvalue weighted by Crippen LogP contribution is 2.34. The van der Waals surface area contributed by atoms with Gasteiger partial charge in [0.1, 0.15) is 12.4 Å². The van der Waals surface area contributed by atoms with Crippen molar-refractivity contribution in [3.63, 3.8) is 0 Å². The van der Waals surface area contributed by atoms with E-state index in [1.54, 1.807) is 48.5 Å². The normalized spacial score (nSPS) is 15.6. The molecule has 3 aromatic rings. The van der Waals surface area contributed by atoms with E-state index in [2.05, 4.69) is 10.3 Å². The zero-order valence-corrected chi connectivity index (χ0v) is 19.2. The summed E-state index contributed by atoms with van der Waals surface area (Å²) < 4.78 is 5.73. The molecule has 1 saturated heterocycles. The van der Waals surface area contributed by atoms with E-state index in [0.717, 1.165) is 11.1 Å². The highest BCUT2D eigenvalue weighted by Gasteiger charge is 2.24. The number of hydrogen-bond donors (Lipinski definition) is 1. The number of thioether (sulfide) groups is 1. The quantitative estimate of drug-likeness (QED) is 0.241. The maximum atomic E-state index is 12.3. The largest absolute Gasteiger partial charge is 0.489 e. The maximum absolute atomic E-state index is 12.3. The molecule has 0 spiro atoms. The van der Waals surface area contributed by atoms with Crippen LogP contribution in [0.25, 0.3) is 6.08 Å². The molecule has 0 aromatic heterocycles. The van der Waals surface area contributed by atoms with Crippen LogP contribution in [-0.4, -0.2) is 16.0 Å². The summed E-state index contributed by atoms with van der Waals surface area (Å²) in [5.41, 5.74) is 2.14. The van der Waals surface area contributed by atoms with Crippen LogP contribution >= 0.6 is 35.0 Å². The predicted octanol–water partition coefficient (Wildman–Crippen LogP) is 6.37. The number of benzene rings is 3. The summed E-state index contributed by atoms with van der Waals surface area (Å²) in [6.45, 7) is 0.280. The molecule has 0 radical (unpaired) electrons. The lowest BCUT2D eigenvalue weighted by Gasteiger charge is -2.06. The van der Waals surface area contributed by atoms with Gasteiger partial charge in [0.25, 0.3) is 11.6 Å². The van der Waals surface area contributed by atoms with Gasteiger partial charge >= 0.3 is 0 Å². The first kappa shape index (κ1) is 22.8. The van der Waals surface area contributed by atoms with Crippen LogP contribution in [0.4, 0.5) is 11.4 Å². The summed E-state index contributed by atoms with van der Waals surface area (Å²) in [6.07, 6.45) is 1.75. The third-order valence-electron chi connectivity index (χ3n) is 4.53.